The lowest BCUT2D eigenvalue weighted by Gasteiger charge is -2.41. The highest BCUT2D eigenvalue weighted by Gasteiger charge is 2.48. The van der Waals surface area contributed by atoms with Crippen molar-refractivity contribution in [1.29, 1.82) is 0 Å². The molecule has 1 heterocycles. The van der Waals surface area contributed by atoms with Gasteiger partial charge in [-0.05, 0) is 38.5 Å². The van der Waals surface area contributed by atoms with Gasteiger partial charge in [-0.3, -0.25) is 9.35 Å². The van der Waals surface area contributed by atoms with Gasteiger partial charge in [0.15, 0.2) is 6.29 Å². The van der Waals surface area contributed by atoms with Gasteiger partial charge in [-0.25, -0.2) is 4.18 Å². The molecule has 1 fully saturated rings. The van der Waals surface area contributed by atoms with Gasteiger partial charge in [0.25, 0.3) is 0 Å². The largest absolute Gasteiger partial charge is 0.397 e. The third-order valence-corrected chi connectivity index (χ3v) is 11.3. The average molecular weight is 822 g/mol. The first-order valence-electron chi connectivity index (χ1n) is 22.6. The molecule has 0 aromatic rings. The predicted molar refractivity (Wildman–Crippen MR) is 222 cm³/mol. The van der Waals surface area contributed by atoms with Crippen LogP contribution >= 0.6 is 0 Å². The number of allylic oxidation sites excluding steroid dienone is 2. The Bertz CT molecular complexity index is 1060. The van der Waals surface area contributed by atoms with Crippen LogP contribution in [0.2, 0.25) is 0 Å². The Morgan fingerprint density at radius 3 is 1.61 bits per heavy atom. The molecule has 332 valence electrons. The lowest BCUT2D eigenvalue weighted by molar-refractivity contribution is -0.298. The van der Waals surface area contributed by atoms with Gasteiger partial charge in [0.2, 0.25) is 5.91 Å². The molecule has 0 aliphatic carbocycles. The number of aliphatic hydroxyl groups is 4. The third-order valence-electron chi connectivity index (χ3n) is 10.8. The molecule has 6 N–H and O–H groups in total. The SMILES string of the molecule is CCCCCCCC/C=C\CCCCCC(=O)NC(COC1OC(CO)C(O)C(OS(=O)(=O)O)C1O)C(O)CCCCCCCCCCCCCCCCCC. The predicted octanol–water partition coefficient (Wildman–Crippen LogP) is 8.38. The van der Waals surface area contributed by atoms with Crippen LogP contribution in [-0.4, -0.2) is 95.4 Å². The third kappa shape index (κ3) is 27.5. The number of aliphatic hydroxyl groups excluding tert-OH is 4. The molecule has 0 radical (unpaired) electrons. The van der Waals surface area contributed by atoms with Crippen molar-refractivity contribution >= 4 is 16.3 Å². The molecule has 7 atom stereocenters. The summed E-state index contributed by atoms with van der Waals surface area (Å²) in [5.74, 6) is -0.246. The van der Waals surface area contributed by atoms with Crippen LogP contribution in [0.15, 0.2) is 12.2 Å². The number of rotatable bonds is 38. The first-order chi connectivity index (χ1) is 27.0. The number of unbranched alkanes of at least 4 members (excludes halogenated alkanes) is 24. The number of amides is 1. The van der Waals surface area contributed by atoms with Gasteiger partial charge in [-0.1, -0.05) is 167 Å². The summed E-state index contributed by atoms with van der Waals surface area (Å²) in [6.45, 7) is 3.42. The zero-order valence-corrected chi connectivity index (χ0v) is 36.0. The smallest absolute Gasteiger partial charge is 0.394 e. The molecule has 1 aliphatic rings. The van der Waals surface area contributed by atoms with Crippen LogP contribution in [0, 0.1) is 0 Å². The number of ether oxygens (including phenoxy) is 2. The van der Waals surface area contributed by atoms with Crippen molar-refractivity contribution in [2.45, 2.75) is 243 Å². The van der Waals surface area contributed by atoms with Crippen LogP contribution < -0.4 is 5.32 Å². The van der Waals surface area contributed by atoms with Crippen LogP contribution in [0.25, 0.3) is 0 Å². The Labute approximate surface area is 340 Å². The van der Waals surface area contributed by atoms with E-state index in [2.05, 4.69) is 35.5 Å². The molecule has 1 amide bonds. The molecule has 56 heavy (non-hydrogen) atoms. The maximum Gasteiger partial charge on any atom is 0.397 e. The maximum absolute atomic E-state index is 13.0. The second-order valence-electron chi connectivity index (χ2n) is 16.0. The highest BCUT2D eigenvalue weighted by molar-refractivity contribution is 7.80. The molecule has 0 spiro atoms. The standard InChI is InChI=1S/C43H83NO11S/c1-3-5-7-9-11-13-15-17-18-19-21-22-24-26-28-30-32-37(46)36(35-53-43-41(49)42(55-56(50,51)52)40(48)38(34-45)54-43)44-39(47)33-31-29-27-25-23-20-16-14-12-10-8-6-4-2/h20,23,36-38,40-43,45-46,48-49H,3-19,21-22,24-35H2,1-2H3,(H,44,47)(H,50,51,52)/b23-20-. The molecule has 1 rings (SSSR count). The molecule has 0 bridgehead atoms. The molecular formula is C43H83NO11S. The van der Waals surface area contributed by atoms with Crippen LogP contribution in [0.1, 0.15) is 200 Å². The number of hydrogen-bond acceptors (Lipinski definition) is 10. The van der Waals surface area contributed by atoms with Crippen molar-refractivity contribution < 1.29 is 51.8 Å². The van der Waals surface area contributed by atoms with E-state index >= 15 is 0 Å². The lowest BCUT2D eigenvalue weighted by atomic mass is 9.99. The Hall–Kier alpha value is -1.16. The van der Waals surface area contributed by atoms with Gasteiger partial charge in [0.1, 0.15) is 24.4 Å². The van der Waals surface area contributed by atoms with Gasteiger partial charge in [-0.2, -0.15) is 8.42 Å². The summed E-state index contributed by atoms with van der Waals surface area (Å²) in [5.41, 5.74) is 0. The van der Waals surface area contributed by atoms with Gasteiger partial charge >= 0.3 is 10.4 Å². The van der Waals surface area contributed by atoms with E-state index in [1.165, 1.54) is 116 Å². The number of carbonyl (C=O) groups is 1. The Kier molecular flexibility index (Phi) is 32.7. The normalized spacial score (nSPS) is 21.4. The van der Waals surface area contributed by atoms with Crippen LogP contribution in [0.4, 0.5) is 0 Å². The fraction of sp³-hybridized carbons (Fsp3) is 0.930. The fourth-order valence-corrected chi connectivity index (χ4v) is 7.79. The molecule has 1 saturated heterocycles. The second kappa shape index (κ2) is 34.7. The van der Waals surface area contributed by atoms with E-state index in [1.807, 2.05) is 0 Å². The molecular weight excluding hydrogens is 739 g/mol. The summed E-state index contributed by atoms with van der Waals surface area (Å²) < 4.78 is 47.6. The van der Waals surface area contributed by atoms with Gasteiger partial charge in [0.05, 0.1) is 25.4 Å². The zero-order chi connectivity index (χ0) is 41.3. The van der Waals surface area contributed by atoms with Crippen molar-refractivity contribution in [3.8, 4) is 0 Å². The molecule has 0 aromatic carbocycles. The summed E-state index contributed by atoms with van der Waals surface area (Å²) in [4.78, 5) is 13.0. The van der Waals surface area contributed by atoms with E-state index in [0.29, 0.717) is 12.8 Å². The van der Waals surface area contributed by atoms with Crippen LogP contribution in [0.5, 0.6) is 0 Å². The van der Waals surface area contributed by atoms with E-state index in [-0.39, 0.29) is 18.9 Å². The highest BCUT2D eigenvalue weighted by atomic mass is 32.3. The lowest BCUT2D eigenvalue weighted by Crippen LogP contribution is -2.61. The molecule has 1 aliphatic heterocycles. The maximum atomic E-state index is 13.0. The van der Waals surface area contributed by atoms with E-state index in [1.54, 1.807) is 0 Å². The Morgan fingerprint density at radius 2 is 1.14 bits per heavy atom. The average Bonchev–Trinajstić information content (AvgIpc) is 3.16. The monoisotopic (exact) mass is 822 g/mol. The zero-order valence-electron chi connectivity index (χ0n) is 35.2. The van der Waals surface area contributed by atoms with Gasteiger partial charge in [-0.15, -0.1) is 0 Å². The van der Waals surface area contributed by atoms with Gasteiger partial charge < -0.3 is 35.2 Å². The van der Waals surface area contributed by atoms with E-state index in [4.69, 9.17) is 14.0 Å². The minimum Gasteiger partial charge on any atom is -0.394 e. The van der Waals surface area contributed by atoms with Crippen molar-refractivity contribution in [1.82, 2.24) is 5.32 Å². The summed E-state index contributed by atoms with van der Waals surface area (Å²) >= 11 is 0. The highest BCUT2D eigenvalue weighted by Crippen LogP contribution is 2.26. The van der Waals surface area contributed by atoms with Crippen molar-refractivity contribution in [3.05, 3.63) is 12.2 Å². The summed E-state index contributed by atoms with van der Waals surface area (Å²) in [6, 6.07) is -0.861. The van der Waals surface area contributed by atoms with Crippen LogP contribution in [0.3, 0.4) is 0 Å². The summed E-state index contributed by atoms with van der Waals surface area (Å²) in [5, 5.41) is 44.8. The minimum atomic E-state index is -5.07. The topological polar surface area (TPSA) is 192 Å². The molecule has 13 heteroatoms. The molecule has 7 unspecified atom stereocenters. The second-order valence-corrected chi connectivity index (χ2v) is 17.0. The minimum absolute atomic E-state index is 0.246. The Balaban J connectivity index is 2.52. The van der Waals surface area contributed by atoms with E-state index < -0.39 is 59.9 Å². The van der Waals surface area contributed by atoms with Crippen molar-refractivity contribution in [2.75, 3.05) is 13.2 Å². The first-order valence-corrected chi connectivity index (χ1v) is 23.9. The summed E-state index contributed by atoms with van der Waals surface area (Å²) in [7, 11) is -5.07. The van der Waals surface area contributed by atoms with E-state index in [0.717, 1.165) is 51.4 Å². The van der Waals surface area contributed by atoms with Crippen molar-refractivity contribution in [3.63, 3.8) is 0 Å². The Morgan fingerprint density at radius 1 is 0.696 bits per heavy atom. The van der Waals surface area contributed by atoms with Crippen molar-refractivity contribution in [2.24, 2.45) is 0 Å². The van der Waals surface area contributed by atoms with Gasteiger partial charge in [0, 0.05) is 6.42 Å². The molecule has 0 saturated carbocycles. The number of nitrogens with one attached hydrogen (secondary N) is 1. The quantitative estimate of drug-likeness (QED) is 0.0199. The van der Waals surface area contributed by atoms with Crippen LogP contribution in [-0.2, 0) is 28.9 Å². The number of carbonyl (C=O) groups excluding carboxylic acids is 1. The molecule has 0 aromatic heterocycles. The number of hydrogen-bond donors (Lipinski definition) is 6. The fourth-order valence-electron chi connectivity index (χ4n) is 7.28. The first kappa shape index (κ1) is 52.9. The molecule has 12 nitrogen and oxygen atoms in total. The summed E-state index contributed by atoms with van der Waals surface area (Å²) in [6.07, 6.45) is 27.8. The van der Waals surface area contributed by atoms with E-state index in [9.17, 15) is 33.6 Å².